The van der Waals surface area contributed by atoms with Crippen molar-refractivity contribution in [2.75, 3.05) is 31.1 Å². The molecule has 15 heavy (non-hydrogen) atoms. The summed E-state index contributed by atoms with van der Waals surface area (Å²) in [7, 11) is -2.40. The summed E-state index contributed by atoms with van der Waals surface area (Å²) < 4.78 is 23.0. The lowest BCUT2D eigenvalue weighted by atomic mass is 10.2. The first-order valence-electron chi connectivity index (χ1n) is 4.96. The van der Waals surface area contributed by atoms with E-state index >= 15 is 0 Å². The Balaban J connectivity index is 2.00. The van der Waals surface area contributed by atoms with Gasteiger partial charge in [-0.2, -0.15) is 0 Å². The summed E-state index contributed by atoms with van der Waals surface area (Å²) in [5, 5.41) is 0. The third-order valence-corrected chi connectivity index (χ3v) is 3.47. The van der Waals surface area contributed by atoms with E-state index in [2.05, 4.69) is 4.90 Å². The van der Waals surface area contributed by atoms with E-state index in [0.717, 1.165) is 13.1 Å². The minimum atomic E-state index is -2.40. The first kappa shape index (κ1) is 10.4. The standard InChI is InChI=1S/C10H14N2O2S/c13-15(14)12-8-6-11(7-9-12)10-4-2-1-3-5-10/h1-5,15H,6-9H2. The topological polar surface area (TPSA) is 40.6 Å². The van der Waals surface area contributed by atoms with Crippen LogP contribution in [0.15, 0.2) is 30.3 Å². The van der Waals surface area contributed by atoms with Crippen molar-refractivity contribution in [2.24, 2.45) is 0 Å². The van der Waals surface area contributed by atoms with Gasteiger partial charge in [0.15, 0.2) is 0 Å². The Bertz CT molecular complexity index is 376. The Morgan fingerprint density at radius 2 is 1.53 bits per heavy atom. The van der Waals surface area contributed by atoms with E-state index in [9.17, 15) is 8.42 Å². The zero-order valence-corrected chi connectivity index (χ0v) is 9.27. The third kappa shape index (κ3) is 2.49. The molecule has 1 fully saturated rings. The molecule has 1 aliphatic rings. The van der Waals surface area contributed by atoms with E-state index in [1.807, 2.05) is 30.3 Å². The van der Waals surface area contributed by atoms with Crippen LogP contribution in [0.4, 0.5) is 5.69 Å². The zero-order chi connectivity index (χ0) is 10.7. The second kappa shape index (κ2) is 4.63. The maximum Gasteiger partial charge on any atom is 0.204 e. The van der Waals surface area contributed by atoms with Crippen molar-refractivity contribution in [1.29, 1.82) is 0 Å². The fourth-order valence-corrected chi connectivity index (χ4v) is 2.26. The molecule has 5 heteroatoms. The molecule has 0 atom stereocenters. The molecule has 0 aliphatic carbocycles. The van der Waals surface area contributed by atoms with Gasteiger partial charge in [0.1, 0.15) is 0 Å². The molecule has 1 aliphatic heterocycles. The van der Waals surface area contributed by atoms with Gasteiger partial charge in [0.2, 0.25) is 10.9 Å². The predicted molar refractivity (Wildman–Crippen MR) is 60.5 cm³/mol. The number of hydrogen-bond donors (Lipinski definition) is 1. The molecule has 2 rings (SSSR count). The van der Waals surface area contributed by atoms with Gasteiger partial charge in [0, 0.05) is 31.9 Å². The Morgan fingerprint density at radius 3 is 2.07 bits per heavy atom. The maximum atomic E-state index is 10.7. The number of anilines is 1. The van der Waals surface area contributed by atoms with Crippen LogP contribution in [0.2, 0.25) is 0 Å². The molecule has 0 saturated carbocycles. The van der Waals surface area contributed by atoms with Crippen LogP contribution in [0, 0.1) is 0 Å². The van der Waals surface area contributed by atoms with Crippen molar-refractivity contribution in [3.8, 4) is 0 Å². The fourth-order valence-electron chi connectivity index (χ4n) is 1.76. The van der Waals surface area contributed by atoms with E-state index in [1.165, 1.54) is 9.99 Å². The number of benzene rings is 1. The molecule has 0 aromatic heterocycles. The Morgan fingerprint density at radius 1 is 0.933 bits per heavy atom. The van der Waals surface area contributed by atoms with E-state index in [0.29, 0.717) is 13.1 Å². The lowest BCUT2D eigenvalue weighted by Gasteiger charge is -2.32. The normalized spacial score (nSPS) is 18.3. The second-order valence-electron chi connectivity index (χ2n) is 3.51. The molecule has 0 amide bonds. The number of piperazine rings is 1. The Labute approximate surface area is 91.2 Å². The van der Waals surface area contributed by atoms with E-state index < -0.39 is 10.9 Å². The first-order valence-corrected chi connectivity index (χ1v) is 6.09. The number of para-hydroxylation sites is 1. The average Bonchev–Trinajstić information content (AvgIpc) is 2.30. The molecule has 82 valence electrons. The monoisotopic (exact) mass is 226 g/mol. The van der Waals surface area contributed by atoms with E-state index in [4.69, 9.17) is 0 Å². The van der Waals surface area contributed by atoms with Gasteiger partial charge in [-0.25, -0.2) is 12.7 Å². The van der Waals surface area contributed by atoms with Gasteiger partial charge < -0.3 is 4.90 Å². The molecule has 0 spiro atoms. The zero-order valence-electron chi connectivity index (χ0n) is 8.37. The lowest BCUT2D eigenvalue weighted by Crippen LogP contribution is -2.45. The molecule has 0 N–H and O–H groups in total. The lowest BCUT2D eigenvalue weighted by molar-refractivity contribution is 0.397. The summed E-state index contributed by atoms with van der Waals surface area (Å²) in [6, 6.07) is 10.1. The number of nitrogens with zero attached hydrogens (tertiary/aromatic N) is 2. The number of thiol groups is 1. The average molecular weight is 226 g/mol. The molecular formula is C10H14N2O2S. The molecule has 1 aromatic rings. The van der Waals surface area contributed by atoms with E-state index in [1.54, 1.807) is 0 Å². The van der Waals surface area contributed by atoms with Gasteiger partial charge in [0.25, 0.3) is 0 Å². The molecule has 0 radical (unpaired) electrons. The Kier molecular flexibility index (Phi) is 3.23. The molecule has 1 heterocycles. The number of rotatable bonds is 2. The van der Waals surface area contributed by atoms with Gasteiger partial charge in [-0.15, -0.1) is 0 Å². The summed E-state index contributed by atoms with van der Waals surface area (Å²) in [6.45, 7) is 2.72. The van der Waals surface area contributed by atoms with Gasteiger partial charge in [-0.3, -0.25) is 0 Å². The molecule has 0 unspecified atom stereocenters. The molecule has 0 bridgehead atoms. The smallest absolute Gasteiger partial charge is 0.204 e. The summed E-state index contributed by atoms with van der Waals surface area (Å²) in [5.74, 6) is 0. The largest absolute Gasteiger partial charge is 0.369 e. The van der Waals surface area contributed by atoms with Gasteiger partial charge in [-0.1, -0.05) is 18.2 Å². The van der Waals surface area contributed by atoms with Crippen LogP contribution < -0.4 is 4.90 Å². The SMILES string of the molecule is O=[SH](=O)N1CCN(c2ccccc2)CC1. The number of hydrogen-bond acceptors (Lipinski definition) is 3. The highest BCUT2D eigenvalue weighted by Crippen LogP contribution is 2.15. The van der Waals surface area contributed by atoms with Crippen molar-refractivity contribution < 1.29 is 8.42 Å². The third-order valence-electron chi connectivity index (χ3n) is 2.61. The van der Waals surface area contributed by atoms with Crippen LogP contribution in [0.5, 0.6) is 0 Å². The molecular weight excluding hydrogens is 212 g/mol. The first-order chi connectivity index (χ1) is 7.27. The summed E-state index contributed by atoms with van der Waals surface area (Å²) in [4.78, 5) is 2.20. The molecule has 1 saturated heterocycles. The van der Waals surface area contributed by atoms with Crippen LogP contribution in [0.1, 0.15) is 0 Å². The van der Waals surface area contributed by atoms with Crippen LogP contribution >= 0.6 is 0 Å². The van der Waals surface area contributed by atoms with Crippen LogP contribution in [0.25, 0.3) is 0 Å². The minimum Gasteiger partial charge on any atom is -0.369 e. The quantitative estimate of drug-likeness (QED) is 0.739. The fraction of sp³-hybridized carbons (Fsp3) is 0.400. The molecule has 4 nitrogen and oxygen atoms in total. The summed E-state index contributed by atoms with van der Waals surface area (Å²) in [5.41, 5.74) is 1.17. The minimum absolute atomic E-state index is 0.591. The van der Waals surface area contributed by atoms with Gasteiger partial charge in [-0.05, 0) is 12.1 Å². The van der Waals surface area contributed by atoms with Crippen molar-refractivity contribution in [1.82, 2.24) is 4.31 Å². The van der Waals surface area contributed by atoms with Crippen molar-refractivity contribution >= 4 is 16.6 Å². The second-order valence-corrected chi connectivity index (χ2v) is 4.56. The van der Waals surface area contributed by atoms with Crippen molar-refractivity contribution in [2.45, 2.75) is 0 Å². The molecule has 1 aromatic carbocycles. The predicted octanol–water partition coefficient (Wildman–Crippen LogP) is 0.335. The van der Waals surface area contributed by atoms with Gasteiger partial charge in [0.05, 0.1) is 0 Å². The van der Waals surface area contributed by atoms with Crippen molar-refractivity contribution in [3.05, 3.63) is 30.3 Å². The van der Waals surface area contributed by atoms with Crippen LogP contribution in [0.3, 0.4) is 0 Å². The Hall–Kier alpha value is -1.07. The summed E-state index contributed by atoms with van der Waals surface area (Å²) in [6.07, 6.45) is 0. The van der Waals surface area contributed by atoms with Gasteiger partial charge >= 0.3 is 0 Å². The maximum absolute atomic E-state index is 10.7. The van der Waals surface area contributed by atoms with Crippen LogP contribution in [-0.2, 0) is 10.9 Å². The van der Waals surface area contributed by atoms with E-state index in [-0.39, 0.29) is 0 Å². The summed E-state index contributed by atoms with van der Waals surface area (Å²) >= 11 is 0. The highest BCUT2D eigenvalue weighted by atomic mass is 32.2. The van der Waals surface area contributed by atoms with Crippen LogP contribution in [-0.4, -0.2) is 38.9 Å². The highest BCUT2D eigenvalue weighted by molar-refractivity contribution is 7.69. The highest BCUT2D eigenvalue weighted by Gasteiger charge is 2.17. The van der Waals surface area contributed by atoms with Crippen molar-refractivity contribution in [3.63, 3.8) is 0 Å².